The highest BCUT2D eigenvalue weighted by molar-refractivity contribution is 8.01. The maximum Gasteiger partial charge on any atom is 0.370 e. The molecule has 6 N–H and O–H groups in total. The van der Waals surface area contributed by atoms with E-state index in [1.807, 2.05) is 0 Å². The molecule has 15 nitrogen and oxygen atoms in total. The van der Waals surface area contributed by atoms with Crippen molar-refractivity contribution in [3.05, 3.63) is 70.6 Å². The van der Waals surface area contributed by atoms with Crippen molar-refractivity contribution >= 4 is 69.5 Å². The van der Waals surface area contributed by atoms with E-state index in [0.717, 1.165) is 21.1 Å². The third-order valence-corrected chi connectivity index (χ3v) is 9.64. The van der Waals surface area contributed by atoms with Crippen LogP contribution in [0.25, 0.3) is 0 Å². The molecule has 5 rings (SSSR count). The number of carbonyl (C=O) groups excluding carboxylic acids is 3. The van der Waals surface area contributed by atoms with Crippen molar-refractivity contribution in [1.29, 1.82) is 0 Å². The van der Waals surface area contributed by atoms with Crippen LogP contribution in [-0.2, 0) is 37.2 Å². The zero-order chi connectivity index (χ0) is 32.2. The molecule has 0 radical (unpaired) electrons. The molecule has 234 valence electrons. The van der Waals surface area contributed by atoms with Gasteiger partial charge in [0.1, 0.15) is 23.7 Å². The Balaban J connectivity index is 1.27. The molecule has 45 heavy (non-hydrogen) atoms. The first-order chi connectivity index (χ1) is 21.5. The van der Waals surface area contributed by atoms with Gasteiger partial charge in [-0.15, -0.1) is 34.9 Å². The highest BCUT2D eigenvalue weighted by Crippen LogP contribution is 2.41. The summed E-state index contributed by atoms with van der Waals surface area (Å²) in [6.07, 6.45) is 3.20. The highest BCUT2D eigenvalue weighted by Gasteiger charge is 2.53. The van der Waals surface area contributed by atoms with Crippen LogP contribution in [-0.4, -0.2) is 77.6 Å². The molecular formula is C27H24N6O9S3. The normalized spacial score (nSPS) is 17.8. The number of nitrogens with zero attached hydrogens (tertiary/aromatic N) is 4. The van der Waals surface area contributed by atoms with Crippen LogP contribution >= 0.6 is 34.9 Å². The number of β-lactam (4-membered cyclic amide) rings is 1. The number of nitrogens with one attached hydrogen (secondary N) is 1. The largest absolute Gasteiger partial charge is 0.543 e. The molecule has 1 fully saturated rings. The van der Waals surface area contributed by atoms with Crippen molar-refractivity contribution in [3.8, 4) is 11.5 Å². The van der Waals surface area contributed by atoms with Crippen molar-refractivity contribution in [3.63, 3.8) is 0 Å². The molecule has 0 saturated carbocycles. The summed E-state index contributed by atoms with van der Waals surface area (Å²) in [5, 5.41) is 47.6. The second-order valence-electron chi connectivity index (χ2n) is 9.60. The molecule has 2 atom stereocenters. The van der Waals surface area contributed by atoms with E-state index in [1.165, 1.54) is 51.7 Å². The number of pyridine rings is 1. The van der Waals surface area contributed by atoms with Gasteiger partial charge in [-0.05, 0) is 23.3 Å². The van der Waals surface area contributed by atoms with Gasteiger partial charge in [0, 0.05) is 33.9 Å². The number of aromatic nitrogens is 2. The second kappa shape index (κ2) is 13.4. The van der Waals surface area contributed by atoms with Crippen LogP contribution in [0.1, 0.15) is 11.3 Å². The van der Waals surface area contributed by atoms with Crippen LogP contribution in [0.2, 0.25) is 0 Å². The number of phenols is 2. The first-order valence-corrected chi connectivity index (χ1v) is 15.9. The van der Waals surface area contributed by atoms with Crippen LogP contribution in [0.5, 0.6) is 11.5 Å². The quantitative estimate of drug-likeness (QED) is 0.0413. The molecule has 2 aliphatic rings. The standard InChI is InChI=1S/C27H24N6O9S3/c28-27-29-16(12-45-27)20(31-42-9-13-1-2-17(34)18(35)7-13)23(38)30-21-24(39)33-22(26(40)41)14(11-44-25(21)33)10-43-15-3-5-32(6-4-15)8-19(36)37/h1-7,12,21,25H,8-11H2,(H6-,28,29,30,31,34,35,36,37,38,40,41)/t21?,25-/m1/s1. The van der Waals surface area contributed by atoms with E-state index in [2.05, 4.69) is 15.5 Å². The number of nitrogens with two attached hydrogens (primary N) is 1. The average molecular weight is 673 g/mol. The van der Waals surface area contributed by atoms with Crippen molar-refractivity contribution in [2.24, 2.45) is 5.16 Å². The minimum Gasteiger partial charge on any atom is -0.543 e. The summed E-state index contributed by atoms with van der Waals surface area (Å²) in [6, 6.07) is 6.36. The number of amides is 2. The number of oxime groups is 1. The maximum atomic E-state index is 13.3. The molecule has 2 aliphatic heterocycles. The Kier molecular flexibility index (Phi) is 9.45. The van der Waals surface area contributed by atoms with E-state index >= 15 is 0 Å². The Labute approximate surface area is 267 Å². The number of aromatic hydroxyl groups is 2. The smallest absolute Gasteiger partial charge is 0.370 e. The summed E-state index contributed by atoms with van der Waals surface area (Å²) in [4.78, 5) is 60.8. The average Bonchev–Trinajstić information content (AvgIpc) is 3.44. The minimum atomic E-state index is -1.52. The number of anilines is 1. The zero-order valence-electron chi connectivity index (χ0n) is 23.0. The molecule has 3 aromatic rings. The Bertz CT molecular complexity index is 1730. The number of hydrogen-bond donors (Lipinski definition) is 5. The van der Waals surface area contributed by atoms with Gasteiger partial charge in [0.2, 0.25) is 6.54 Å². The lowest BCUT2D eigenvalue weighted by molar-refractivity contribution is -0.686. The Morgan fingerprint density at radius 1 is 1.22 bits per heavy atom. The highest BCUT2D eigenvalue weighted by atomic mass is 32.2. The van der Waals surface area contributed by atoms with Crippen LogP contribution < -0.4 is 20.7 Å². The van der Waals surface area contributed by atoms with Crippen LogP contribution in [0.4, 0.5) is 5.13 Å². The van der Waals surface area contributed by atoms with Crippen molar-refractivity contribution in [1.82, 2.24) is 15.2 Å². The summed E-state index contributed by atoms with van der Waals surface area (Å²) in [6.45, 7) is -0.369. The first-order valence-electron chi connectivity index (χ1n) is 13.0. The number of thioether (sulfide) groups is 2. The molecule has 1 saturated heterocycles. The van der Waals surface area contributed by atoms with E-state index in [4.69, 9.17) is 15.7 Å². The third-order valence-electron chi connectivity index (χ3n) is 6.53. The van der Waals surface area contributed by atoms with Gasteiger partial charge in [-0.1, -0.05) is 11.2 Å². The fraction of sp³-hybridized carbons (Fsp3) is 0.222. The van der Waals surface area contributed by atoms with Gasteiger partial charge in [0.05, 0.1) is 11.7 Å². The molecule has 4 heterocycles. The number of carboxylic acid groups (broad SMARTS) is 2. The van der Waals surface area contributed by atoms with Crippen LogP contribution in [0.3, 0.4) is 0 Å². The molecule has 1 unspecified atom stereocenters. The lowest BCUT2D eigenvalue weighted by Crippen LogP contribution is -2.71. The van der Waals surface area contributed by atoms with E-state index < -0.39 is 35.2 Å². The van der Waals surface area contributed by atoms with Gasteiger partial charge in [0.15, 0.2) is 34.7 Å². The maximum absolute atomic E-state index is 13.3. The molecule has 0 bridgehead atoms. The Morgan fingerprint density at radius 3 is 2.62 bits per heavy atom. The fourth-order valence-corrected chi connectivity index (χ4v) is 7.31. The van der Waals surface area contributed by atoms with Crippen molar-refractivity contribution in [2.45, 2.75) is 29.5 Å². The molecule has 0 spiro atoms. The van der Waals surface area contributed by atoms with E-state index in [-0.39, 0.29) is 58.4 Å². The van der Waals surface area contributed by atoms with Gasteiger partial charge in [-0.2, -0.15) is 4.57 Å². The van der Waals surface area contributed by atoms with Gasteiger partial charge in [-0.25, -0.2) is 9.78 Å². The van der Waals surface area contributed by atoms with E-state index in [0.29, 0.717) is 11.1 Å². The topological polar surface area (TPSA) is 232 Å². The predicted molar refractivity (Wildman–Crippen MR) is 160 cm³/mol. The third kappa shape index (κ3) is 7.13. The van der Waals surface area contributed by atoms with E-state index in [9.17, 15) is 34.5 Å². The summed E-state index contributed by atoms with van der Waals surface area (Å²) in [5.74, 6) is -4.13. The Hall–Kier alpha value is -4.81. The van der Waals surface area contributed by atoms with Crippen molar-refractivity contribution in [2.75, 3.05) is 17.2 Å². The molecule has 2 amide bonds. The SMILES string of the molecule is Nc1nc(/C(=N/OCc2ccc(O)c(O)c2)C(=O)NC2C(=O)N3C(C(=O)[O-])=C(CSc4cc[n+](CC(=O)O)cc4)CS[C@H]23)cs1. The summed E-state index contributed by atoms with van der Waals surface area (Å²) in [5.41, 5.74) is 6.20. The number of rotatable bonds is 12. The Morgan fingerprint density at radius 2 is 1.98 bits per heavy atom. The van der Waals surface area contributed by atoms with E-state index in [1.54, 1.807) is 24.5 Å². The number of fused-ring (bicyclic) bond motifs is 1. The minimum absolute atomic E-state index is 0.0903. The fourth-order valence-electron chi connectivity index (χ4n) is 4.40. The number of benzene rings is 1. The number of carboxylic acids is 2. The van der Waals surface area contributed by atoms with Crippen LogP contribution in [0.15, 0.2) is 69.4 Å². The van der Waals surface area contributed by atoms with Crippen LogP contribution in [0, 0.1) is 0 Å². The first kappa shape index (κ1) is 31.6. The predicted octanol–water partition coefficient (Wildman–Crippen LogP) is -0.374. The zero-order valence-corrected chi connectivity index (χ0v) is 25.4. The number of carbonyl (C=O) groups is 4. The number of aliphatic carboxylic acids is 2. The number of hydrogen-bond acceptors (Lipinski definition) is 14. The number of phenolic OH excluding ortho intramolecular Hbond substituents is 2. The molecule has 0 aliphatic carbocycles. The monoisotopic (exact) mass is 672 g/mol. The molecule has 2 aromatic heterocycles. The van der Waals surface area contributed by atoms with Gasteiger partial charge in [-0.3, -0.25) is 14.5 Å². The summed E-state index contributed by atoms with van der Waals surface area (Å²) in [7, 11) is 0. The van der Waals surface area contributed by atoms with Gasteiger partial charge < -0.3 is 41.1 Å². The lowest BCUT2D eigenvalue weighted by atomic mass is 10.0. The second-order valence-corrected chi connectivity index (χ2v) is 12.6. The number of thiazole rings is 1. The van der Waals surface area contributed by atoms with Crippen molar-refractivity contribution < 1.29 is 49.0 Å². The van der Waals surface area contributed by atoms with Gasteiger partial charge >= 0.3 is 5.97 Å². The molecule has 18 heteroatoms. The lowest BCUT2D eigenvalue weighted by Gasteiger charge is -2.50. The molecule has 1 aromatic carbocycles. The van der Waals surface area contributed by atoms with Gasteiger partial charge in [0.25, 0.3) is 11.8 Å². The number of nitrogen functional groups attached to an aromatic ring is 1. The molecular weight excluding hydrogens is 649 g/mol. The summed E-state index contributed by atoms with van der Waals surface area (Å²) >= 11 is 3.66. The summed E-state index contributed by atoms with van der Waals surface area (Å²) < 4.78 is 1.49.